The molecule has 108 valence electrons. The summed E-state index contributed by atoms with van der Waals surface area (Å²) in [5.74, 6) is 0. The van der Waals surface area contributed by atoms with Crippen LogP contribution in [0.15, 0.2) is 24.3 Å². The molecule has 1 aromatic rings. The van der Waals surface area contributed by atoms with Crippen LogP contribution in [0.1, 0.15) is 20.8 Å². The Hall–Kier alpha value is -1.27. The van der Waals surface area contributed by atoms with Crippen LogP contribution in [-0.2, 0) is 10.0 Å². The van der Waals surface area contributed by atoms with Gasteiger partial charge in [-0.1, -0.05) is 0 Å². The van der Waals surface area contributed by atoms with Crippen LogP contribution in [0.5, 0.6) is 0 Å². The monoisotopic (exact) mass is 285 g/mol. The molecule has 0 aliphatic heterocycles. The third-order valence-electron chi connectivity index (χ3n) is 3.12. The van der Waals surface area contributed by atoms with Gasteiger partial charge in [0, 0.05) is 31.0 Å². The molecule has 0 spiro atoms. The molecule has 0 bridgehead atoms. The second-order valence-electron chi connectivity index (χ2n) is 4.41. The first-order chi connectivity index (χ1) is 8.94. The van der Waals surface area contributed by atoms with E-state index in [4.69, 9.17) is 5.73 Å². The van der Waals surface area contributed by atoms with Crippen molar-refractivity contribution in [3.8, 4) is 0 Å². The van der Waals surface area contributed by atoms with Gasteiger partial charge >= 0.3 is 0 Å². The minimum absolute atomic E-state index is 0.104. The fourth-order valence-electron chi connectivity index (χ4n) is 1.72. The van der Waals surface area contributed by atoms with Gasteiger partial charge in [-0.3, -0.25) is 4.72 Å². The van der Waals surface area contributed by atoms with Crippen molar-refractivity contribution in [2.24, 2.45) is 5.73 Å². The van der Waals surface area contributed by atoms with Gasteiger partial charge in [-0.05, 0) is 45.0 Å². The van der Waals surface area contributed by atoms with Gasteiger partial charge in [-0.25, -0.2) is 8.42 Å². The Morgan fingerprint density at radius 1 is 1.21 bits per heavy atom. The SMILES string of the molecule is CCN(CC)c1ccc(NS(=O)(=O)C(C)CN)cc1. The molecule has 1 unspecified atom stereocenters. The standard InChI is InChI=1S/C13H23N3O2S/c1-4-16(5-2)13-8-6-12(7-9-13)15-19(17,18)11(3)10-14/h6-9,11,15H,4-5,10,14H2,1-3H3. The van der Waals surface area contributed by atoms with Crippen LogP contribution in [0.2, 0.25) is 0 Å². The highest BCUT2D eigenvalue weighted by Gasteiger charge is 2.18. The summed E-state index contributed by atoms with van der Waals surface area (Å²) in [6.07, 6.45) is 0. The molecule has 0 aliphatic rings. The first-order valence-electron chi connectivity index (χ1n) is 6.51. The smallest absolute Gasteiger partial charge is 0.236 e. The normalized spacial score (nSPS) is 13.1. The molecule has 0 radical (unpaired) electrons. The molecule has 0 aromatic heterocycles. The number of benzene rings is 1. The largest absolute Gasteiger partial charge is 0.372 e. The lowest BCUT2D eigenvalue weighted by Gasteiger charge is -2.21. The summed E-state index contributed by atoms with van der Waals surface area (Å²) in [6.45, 7) is 7.71. The van der Waals surface area contributed by atoms with Crippen molar-refractivity contribution in [3.05, 3.63) is 24.3 Å². The van der Waals surface area contributed by atoms with Gasteiger partial charge in [0.1, 0.15) is 0 Å². The maximum Gasteiger partial charge on any atom is 0.236 e. The highest BCUT2D eigenvalue weighted by molar-refractivity contribution is 7.93. The lowest BCUT2D eigenvalue weighted by atomic mass is 10.2. The lowest BCUT2D eigenvalue weighted by Crippen LogP contribution is -2.31. The number of hydrogen-bond acceptors (Lipinski definition) is 4. The molecule has 0 saturated heterocycles. The van der Waals surface area contributed by atoms with Crippen LogP contribution in [-0.4, -0.2) is 33.3 Å². The fraction of sp³-hybridized carbons (Fsp3) is 0.538. The summed E-state index contributed by atoms with van der Waals surface area (Å²) < 4.78 is 26.3. The summed E-state index contributed by atoms with van der Waals surface area (Å²) in [4.78, 5) is 2.20. The Kier molecular flexibility index (Phi) is 5.62. The van der Waals surface area contributed by atoms with Crippen molar-refractivity contribution in [3.63, 3.8) is 0 Å². The van der Waals surface area contributed by atoms with Crippen molar-refractivity contribution in [1.82, 2.24) is 0 Å². The van der Waals surface area contributed by atoms with E-state index >= 15 is 0 Å². The second-order valence-corrected chi connectivity index (χ2v) is 6.51. The molecule has 5 nitrogen and oxygen atoms in total. The summed E-state index contributed by atoms with van der Waals surface area (Å²) >= 11 is 0. The first-order valence-corrected chi connectivity index (χ1v) is 8.05. The summed E-state index contributed by atoms with van der Waals surface area (Å²) in [5.41, 5.74) is 7.03. The summed E-state index contributed by atoms with van der Waals surface area (Å²) in [7, 11) is -3.40. The molecule has 0 aliphatic carbocycles. The average Bonchev–Trinajstić information content (AvgIpc) is 2.40. The number of nitrogens with one attached hydrogen (secondary N) is 1. The fourth-order valence-corrected chi connectivity index (χ4v) is 2.64. The molecule has 0 amide bonds. The molecule has 1 aromatic carbocycles. The number of anilines is 2. The van der Waals surface area contributed by atoms with Crippen molar-refractivity contribution in [1.29, 1.82) is 0 Å². The van der Waals surface area contributed by atoms with Gasteiger partial charge in [-0.2, -0.15) is 0 Å². The number of hydrogen-bond donors (Lipinski definition) is 2. The zero-order valence-electron chi connectivity index (χ0n) is 11.8. The Bertz CT molecular complexity index is 481. The Balaban J connectivity index is 2.83. The van der Waals surface area contributed by atoms with E-state index in [1.165, 1.54) is 0 Å². The molecule has 0 heterocycles. The first kappa shape index (κ1) is 15.8. The minimum Gasteiger partial charge on any atom is -0.372 e. The van der Waals surface area contributed by atoms with Crippen LogP contribution < -0.4 is 15.4 Å². The molecular formula is C13H23N3O2S. The van der Waals surface area contributed by atoms with E-state index in [1.807, 2.05) is 12.1 Å². The number of sulfonamides is 1. The summed E-state index contributed by atoms with van der Waals surface area (Å²) in [6, 6.07) is 7.37. The molecule has 0 saturated carbocycles. The maximum absolute atomic E-state index is 11.9. The topological polar surface area (TPSA) is 75.4 Å². The molecule has 19 heavy (non-hydrogen) atoms. The highest BCUT2D eigenvalue weighted by Crippen LogP contribution is 2.19. The zero-order valence-corrected chi connectivity index (χ0v) is 12.6. The van der Waals surface area contributed by atoms with E-state index in [-0.39, 0.29) is 6.54 Å². The molecule has 3 N–H and O–H groups in total. The van der Waals surface area contributed by atoms with Gasteiger partial charge in [0.25, 0.3) is 0 Å². The third kappa shape index (κ3) is 4.11. The number of rotatable bonds is 7. The molecule has 1 rings (SSSR count). The predicted octanol–water partition coefficient (Wildman–Crippen LogP) is 1.62. The Morgan fingerprint density at radius 2 is 1.74 bits per heavy atom. The van der Waals surface area contributed by atoms with Crippen LogP contribution in [0, 0.1) is 0 Å². The van der Waals surface area contributed by atoms with E-state index < -0.39 is 15.3 Å². The van der Waals surface area contributed by atoms with Crippen LogP contribution in [0.25, 0.3) is 0 Å². The van der Waals surface area contributed by atoms with Gasteiger partial charge in [0.2, 0.25) is 10.0 Å². The van der Waals surface area contributed by atoms with Crippen LogP contribution in [0.3, 0.4) is 0 Å². The number of nitrogens with zero attached hydrogens (tertiary/aromatic N) is 1. The number of nitrogens with two attached hydrogens (primary N) is 1. The van der Waals surface area contributed by atoms with Crippen molar-refractivity contribution in [2.75, 3.05) is 29.3 Å². The van der Waals surface area contributed by atoms with E-state index in [0.29, 0.717) is 5.69 Å². The van der Waals surface area contributed by atoms with Gasteiger partial charge in [-0.15, -0.1) is 0 Å². The van der Waals surface area contributed by atoms with Crippen molar-refractivity contribution < 1.29 is 8.42 Å². The van der Waals surface area contributed by atoms with Gasteiger partial charge in [0.05, 0.1) is 5.25 Å². The van der Waals surface area contributed by atoms with Crippen molar-refractivity contribution in [2.45, 2.75) is 26.0 Å². The third-order valence-corrected chi connectivity index (χ3v) is 4.89. The molecule has 1 atom stereocenters. The molecule has 6 heteroatoms. The summed E-state index contributed by atoms with van der Waals surface area (Å²) in [5, 5.41) is -0.602. The second kappa shape index (κ2) is 6.77. The quantitative estimate of drug-likeness (QED) is 0.798. The average molecular weight is 285 g/mol. The van der Waals surface area contributed by atoms with Gasteiger partial charge < -0.3 is 10.6 Å². The van der Waals surface area contributed by atoms with E-state index in [0.717, 1.165) is 18.8 Å². The van der Waals surface area contributed by atoms with Crippen LogP contribution >= 0.6 is 0 Å². The highest BCUT2D eigenvalue weighted by atomic mass is 32.2. The molecule has 0 fully saturated rings. The maximum atomic E-state index is 11.9. The van der Waals surface area contributed by atoms with Gasteiger partial charge in [0.15, 0.2) is 0 Å². The van der Waals surface area contributed by atoms with Crippen molar-refractivity contribution >= 4 is 21.4 Å². The van der Waals surface area contributed by atoms with E-state index in [1.54, 1.807) is 19.1 Å². The van der Waals surface area contributed by atoms with Crippen LogP contribution in [0.4, 0.5) is 11.4 Å². The van der Waals surface area contributed by atoms with E-state index in [9.17, 15) is 8.42 Å². The molecular weight excluding hydrogens is 262 g/mol. The Morgan fingerprint density at radius 3 is 2.16 bits per heavy atom. The predicted molar refractivity (Wildman–Crippen MR) is 81.1 cm³/mol. The van der Waals surface area contributed by atoms with E-state index in [2.05, 4.69) is 23.5 Å². The minimum atomic E-state index is -3.40. The zero-order chi connectivity index (χ0) is 14.5. The lowest BCUT2D eigenvalue weighted by molar-refractivity contribution is 0.589. The Labute approximate surface area is 115 Å².